The normalized spacial score (nSPS) is 11.5. The average Bonchev–Trinajstić information content (AvgIpc) is 2.76. The average molecular weight is 213 g/mol. The van der Waals surface area contributed by atoms with Gasteiger partial charge in [0.1, 0.15) is 5.76 Å². The van der Waals surface area contributed by atoms with Gasteiger partial charge >= 0.3 is 0 Å². The van der Waals surface area contributed by atoms with Gasteiger partial charge < -0.3 is 13.9 Å². The highest BCUT2D eigenvalue weighted by Gasteiger charge is 2.12. The smallest absolute Gasteiger partial charge is 0.169 e. The van der Waals surface area contributed by atoms with E-state index in [1.165, 1.54) is 0 Å². The van der Waals surface area contributed by atoms with Crippen LogP contribution in [-0.2, 0) is 16.0 Å². The summed E-state index contributed by atoms with van der Waals surface area (Å²) in [5, 5.41) is 0. The molecule has 0 bridgehead atoms. The highest BCUT2D eigenvalue weighted by molar-refractivity contribution is 4.97. The zero-order valence-corrected chi connectivity index (χ0v) is 9.60. The lowest BCUT2D eigenvalue weighted by atomic mass is 10.4. The molecule has 0 radical (unpaired) electrons. The summed E-state index contributed by atoms with van der Waals surface area (Å²) in [6.07, 6.45) is 1.51. The molecule has 0 amide bonds. The van der Waals surface area contributed by atoms with Gasteiger partial charge in [0.2, 0.25) is 0 Å². The first-order valence-corrected chi connectivity index (χ1v) is 5.10. The van der Waals surface area contributed by atoms with Gasteiger partial charge in [-0.3, -0.25) is 4.90 Å². The minimum absolute atomic E-state index is 0.181. The van der Waals surface area contributed by atoms with Gasteiger partial charge in [0.05, 0.1) is 12.8 Å². The van der Waals surface area contributed by atoms with Crippen LogP contribution in [0, 0.1) is 0 Å². The summed E-state index contributed by atoms with van der Waals surface area (Å²) < 4.78 is 15.6. The lowest BCUT2D eigenvalue weighted by Gasteiger charge is -2.23. The van der Waals surface area contributed by atoms with Crippen LogP contribution < -0.4 is 0 Å². The maximum atomic E-state index is 5.29. The number of hydrogen-bond acceptors (Lipinski definition) is 4. The standard InChI is InChI=1S/C11H19NO3/c1-4-12(9-11(13-2)14-3)8-10-6-5-7-15-10/h5-7,11H,4,8-9H2,1-3H3. The molecule has 0 N–H and O–H groups in total. The molecule has 4 nitrogen and oxygen atoms in total. The molecule has 86 valence electrons. The molecule has 1 aromatic heterocycles. The maximum Gasteiger partial charge on any atom is 0.169 e. The molecule has 0 unspecified atom stereocenters. The number of nitrogens with zero attached hydrogens (tertiary/aromatic N) is 1. The molecule has 0 saturated carbocycles. The Labute approximate surface area is 90.8 Å². The van der Waals surface area contributed by atoms with Gasteiger partial charge in [-0.05, 0) is 18.7 Å². The van der Waals surface area contributed by atoms with Crippen molar-refractivity contribution in [3.8, 4) is 0 Å². The van der Waals surface area contributed by atoms with Crippen molar-refractivity contribution in [2.75, 3.05) is 27.3 Å². The Morgan fingerprint density at radius 1 is 1.40 bits per heavy atom. The Kier molecular flexibility index (Phi) is 5.39. The van der Waals surface area contributed by atoms with Crippen LogP contribution >= 0.6 is 0 Å². The number of methoxy groups -OCH3 is 2. The first kappa shape index (κ1) is 12.2. The summed E-state index contributed by atoms with van der Waals surface area (Å²) in [6.45, 7) is 4.56. The zero-order chi connectivity index (χ0) is 11.1. The van der Waals surface area contributed by atoms with E-state index < -0.39 is 0 Å². The summed E-state index contributed by atoms with van der Waals surface area (Å²) in [7, 11) is 3.30. The Morgan fingerprint density at radius 2 is 2.13 bits per heavy atom. The molecule has 0 aliphatic rings. The van der Waals surface area contributed by atoms with Crippen LogP contribution in [0.5, 0.6) is 0 Å². The topological polar surface area (TPSA) is 34.8 Å². The third-order valence-electron chi connectivity index (χ3n) is 2.34. The Hall–Kier alpha value is -0.840. The molecular formula is C11H19NO3. The number of ether oxygens (including phenoxy) is 2. The third-order valence-corrected chi connectivity index (χ3v) is 2.34. The van der Waals surface area contributed by atoms with E-state index in [2.05, 4.69) is 11.8 Å². The van der Waals surface area contributed by atoms with Gasteiger partial charge in [-0.1, -0.05) is 6.92 Å². The number of hydrogen-bond donors (Lipinski definition) is 0. The highest BCUT2D eigenvalue weighted by atomic mass is 16.7. The molecule has 1 heterocycles. The maximum absolute atomic E-state index is 5.29. The molecule has 0 aliphatic heterocycles. The lowest BCUT2D eigenvalue weighted by Crippen LogP contribution is -2.33. The molecule has 1 rings (SSSR count). The largest absolute Gasteiger partial charge is 0.468 e. The Morgan fingerprint density at radius 3 is 2.60 bits per heavy atom. The van der Waals surface area contributed by atoms with Gasteiger partial charge in [-0.2, -0.15) is 0 Å². The second kappa shape index (κ2) is 6.61. The van der Waals surface area contributed by atoms with Crippen molar-refractivity contribution < 1.29 is 13.9 Å². The van der Waals surface area contributed by atoms with E-state index in [1.54, 1.807) is 20.5 Å². The van der Waals surface area contributed by atoms with Gasteiger partial charge in [-0.15, -0.1) is 0 Å². The van der Waals surface area contributed by atoms with E-state index in [9.17, 15) is 0 Å². The van der Waals surface area contributed by atoms with E-state index in [-0.39, 0.29) is 6.29 Å². The van der Waals surface area contributed by atoms with E-state index in [0.29, 0.717) is 0 Å². The van der Waals surface area contributed by atoms with Crippen molar-refractivity contribution >= 4 is 0 Å². The van der Waals surface area contributed by atoms with Crippen LogP contribution in [0.4, 0.5) is 0 Å². The molecule has 0 saturated heterocycles. The molecule has 0 aromatic carbocycles. The van der Waals surface area contributed by atoms with E-state index in [1.807, 2.05) is 12.1 Å². The summed E-state index contributed by atoms with van der Waals surface area (Å²) in [6, 6.07) is 3.87. The van der Waals surface area contributed by atoms with Gasteiger partial charge in [0, 0.05) is 20.8 Å². The first-order chi connectivity index (χ1) is 7.30. The molecule has 0 spiro atoms. The minimum atomic E-state index is -0.181. The fraction of sp³-hybridized carbons (Fsp3) is 0.636. The number of rotatable bonds is 7. The lowest BCUT2D eigenvalue weighted by molar-refractivity contribution is -0.117. The minimum Gasteiger partial charge on any atom is -0.468 e. The molecule has 0 atom stereocenters. The van der Waals surface area contributed by atoms with Crippen molar-refractivity contribution in [2.45, 2.75) is 19.8 Å². The van der Waals surface area contributed by atoms with Crippen LogP contribution in [-0.4, -0.2) is 38.5 Å². The molecule has 4 heteroatoms. The van der Waals surface area contributed by atoms with E-state index in [4.69, 9.17) is 13.9 Å². The second-order valence-electron chi connectivity index (χ2n) is 3.31. The summed E-state index contributed by atoms with van der Waals surface area (Å²) in [5.41, 5.74) is 0. The summed E-state index contributed by atoms with van der Waals surface area (Å²) in [4.78, 5) is 2.20. The van der Waals surface area contributed by atoms with Crippen LogP contribution in [0.3, 0.4) is 0 Å². The SMILES string of the molecule is CCN(Cc1ccco1)CC(OC)OC. The summed E-state index contributed by atoms with van der Waals surface area (Å²) in [5.74, 6) is 0.961. The first-order valence-electron chi connectivity index (χ1n) is 5.10. The van der Waals surface area contributed by atoms with Crippen LogP contribution in [0.25, 0.3) is 0 Å². The third kappa shape index (κ3) is 4.03. The molecular weight excluding hydrogens is 194 g/mol. The van der Waals surface area contributed by atoms with Crippen molar-refractivity contribution in [1.82, 2.24) is 4.90 Å². The zero-order valence-electron chi connectivity index (χ0n) is 9.60. The second-order valence-corrected chi connectivity index (χ2v) is 3.31. The van der Waals surface area contributed by atoms with Crippen LogP contribution in [0.1, 0.15) is 12.7 Å². The highest BCUT2D eigenvalue weighted by Crippen LogP contribution is 2.06. The predicted octanol–water partition coefficient (Wildman–Crippen LogP) is 1.72. The molecule has 1 aromatic rings. The fourth-order valence-electron chi connectivity index (χ4n) is 1.38. The fourth-order valence-corrected chi connectivity index (χ4v) is 1.38. The van der Waals surface area contributed by atoms with Crippen LogP contribution in [0.15, 0.2) is 22.8 Å². The molecule has 0 aliphatic carbocycles. The Balaban J connectivity index is 2.42. The summed E-state index contributed by atoms with van der Waals surface area (Å²) >= 11 is 0. The quantitative estimate of drug-likeness (QED) is 0.646. The van der Waals surface area contributed by atoms with E-state index in [0.717, 1.165) is 25.4 Å². The monoisotopic (exact) mass is 213 g/mol. The van der Waals surface area contributed by atoms with Crippen molar-refractivity contribution in [3.05, 3.63) is 24.2 Å². The number of likely N-dealkylation sites (N-methyl/N-ethyl adjacent to an activating group) is 1. The molecule has 0 fully saturated rings. The van der Waals surface area contributed by atoms with Gasteiger partial charge in [-0.25, -0.2) is 0 Å². The molecule has 15 heavy (non-hydrogen) atoms. The Bertz CT molecular complexity index is 244. The number of furan rings is 1. The van der Waals surface area contributed by atoms with Gasteiger partial charge in [0.15, 0.2) is 6.29 Å². The van der Waals surface area contributed by atoms with Crippen molar-refractivity contribution in [2.24, 2.45) is 0 Å². The predicted molar refractivity (Wildman–Crippen MR) is 57.5 cm³/mol. The van der Waals surface area contributed by atoms with Crippen LogP contribution in [0.2, 0.25) is 0 Å². The van der Waals surface area contributed by atoms with Crippen molar-refractivity contribution in [1.29, 1.82) is 0 Å². The van der Waals surface area contributed by atoms with Crippen molar-refractivity contribution in [3.63, 3.8) is 0 Å². The van der Waals surface area contributed by atoms with E-state index >= 15 is 0 Å². The van der Waals surface area contributed by atoms with Gasteiger partial charge in [0.25, 0.3) is 0 Å².